The second kappa shape index (κ2) is 2.72. The number of nitrogens with two attached hydrogens (primary N) is 1. The fourth-order valence-corrected chi connectivity index (χ4v) is 1.13. The van der Waals surface area contributed by atoms with Crippen LogP contribution in [0.2, 0.25) is 0 Å². The highest BCUT2D eigenvalue weighted by atomic mass is 14.8. The Balaban J connectivity index is 2.89. The highest BCUT2D eigenvalue weighted by molar-refractivity contribution is 5.81. The van der Waals surface area contributed by atoms with Crippen molar-refractivity contribution in [2.45, 2.75) is 0 Å². The van der Waals surface area contributed by atoms with Gasteiger partial charge in [0.2, 0.25) is 0 Å². The van der Waals surface area contributed by atoms with E-state index in [1.54, 1.807) is 24.4 Å². The second-order valence-electron chi connectivity index (χ2n) is 2.57. The van der Waals surface area contributed by atoms with Crippen molar-refractivity contribution in [2.75, 3.05) is 5.73 Å². The summed E-state index contributed by atoms with van der Waals surface area (Å²) in [5, 5.41) is 8.77. The molecule has 13 heavy (non-hydrogen) atoms. The number of fused-ring (bicyclic) bond motifs is 1. The maximum Gasteiger partial charge on any atom is 0.124 e. The molecular formula is C9H6N4. The quantitative estimate of drug-likeness (QED) is 0.641. The van der Waals surface area contributed by atoms with Crippen molar-refractivity contribution in [1.29, 1.82) is 5.26 Å². The lowest BCUT2D eigenvalue weighted by atomic mass is 10.2. The summed E-state index contributed by atoms with van der Waals surface area (Å²) in [7, 11) is 0. The zero-order valence-corrected chi connectivity index (χ0v) is 6.73. The average Bonchev–Trinajstić information content (AvgIpc) is 2.17. The standard InChI is InChI=1S/C9H6N4/c10-5-6-3-4-12-7-1-2-8(11)13-9(6)7/h1-4H,(H2,11,13). The molecule has 0 aliphatic carbocycles. The predicted molar refractivity (Wildman–Crippen MR) is 48.7 cm³/mol. The molecule has 0 spiro atoms. The molecule has 0 aromatic carbocycles. The molecular weight excluding hydrogens is 164 g/mol. The number of nitrogens with zero attached hydrogens (tertiary/aromatic N) is 3. The molecule has 2 aromatic rings. The fourth-order valence-electron chi connectivity index (χ4n) is 1.13. The van der Waals surface area contributed by atoms with E-state index < -0.39 is 0 Å². The second-order valence-corrected chi connectivity index (χ2v) is 2.57. The number of nitrogen functional groups attached to an aromatic ring is 1. The molecule has 0 amide bonds. The first kappa shape index (κ1) is 7.50. The van der Waals surface area contributed by atoms with Gasteiger partial charge in [0, 0.05) is 6.20 Å². The van der Waals surface area contributed by atoms with Crippen molar-refractivity contribution >= 4 is 16.9 Å². The first-order valence-electron chi connectivity index (χ1n) is 3.72. The average molecular weight is 170 g/mol. The zero-order valence-electron chi connectivity index (χ0n) is 6.73. The Morgan fingerprint density at radius 1 is 1.31 bits per heavy atom. The molecule has 0 saturated carbocycles. The summed E-state index contributed by atoms with van der Waals surface area (Å²) < 4.78 is 0. The predicted octanol–water partition coefficient (Wildman–Crippen LogP) is 1.08. The monoisotopic (exact) mass is 170 g/mol. The molecule has 0 saturated heterocycles. The first-order valence-corrected chi connectivity index (χ1v) is 3.72. The summed E-state index contributed by atoms with van der Waals surface area (Å²) in [5.41, 5.74) is 7.25. The number of hydrogen-bond acceptors (Lipinski definition) is 4. The van der Waals surface area contributed by atoms with Gasteiger partial charge in [-0.1, -0.05) is 0 Å². The van der Waals surface area contributed by atoms with Crippen LogP contribution in [0.5, 0.6) is 0 Å². The first-order chi connectivity index (χ1) is 6.31. The Kier molecular flexibility index (Phi) is 1.57. The normalized spacial score (nSPS) is 9.77. The molecule has 0 radical (unpaired) electrons. The van der Waals surface area contributed by atoms with Crippen molar-refractivity contribution in [1.82, 2.24) is 9.97 Å². The summed E-state index contributed by atoms with van der Waals surface area (Å²) in [6.07, 6.45) is 1.58. The van der Waals surface area contributed by atoms with Crippen LogP contribution in [0, 0.1) is 11.3 Å². The van der Waals surface area contributed by atoms with Gasteiger partial charge in [-0.2, -0.15) is 5.26 Å². The van der Waals surface area contributed by atoms with E-state index in [2.05, 4.69) is 9.97 Å². The van der Waals surface area contributed by atoms with Crippen molar-refractivity contribution in [3.8, 4) is 6.07 Å². The molecule has 62 valence electrons. The van der Waals surface area contributed by atoms with Crippen LogP contribution in [-0.2, 0) is 0 Å². The summed E-state index contributed by atoms with van der Waals surface area (Å²) >= 11 is 0. The molecule has 4 heteroatoms. The van der Waals surface area contributed by atoms with Gasteiger partial charge < -0.3 is 5.73 Å². The number of aromatic nitrogens is 2. The van der Waals surface area contributed by atoms with Gasteiger partial charge in [0.05, 0.1) is 11.1 Å². The van der Waals surface area contributed by atoms with Gasteiger partial charge >= 0.3 is 0 Å². The molecule has 4 nitrogen and oxygen atoms in total. The molecule has 2 heterocycles. The van der Waals surface area contributed by atoms with Crippen LogP contribution in [0.15, 0.2) is 24.4 Å². The Morgan fingerprint density at radius 2 is 2.15 bits per heavy atom. The summed E-state index contributed by atoms with van der Waals surface area (Å²) in [6, 6.07) is 7.07. The van der Waals surface area contributed by atoms with Gasteiger partial charge in [-0.05, 0) is 18.2 Å². The minimum Gasteiger partial charge on any atom is -0.384 e. The van der Waals surface area contributed by atoms with Gasteiger partial charge in [0.25, 0.3) is 0 Å². The Labute approximate surface area is 74.6 Å². The summed E-state index contributed by atoms with van der Waals surface area (Å²) in [5.74, 6) is 0.400. The van der Waals surface area contributed by atoms with Gasteiger partial charge in [-0.25, -0.2) is 4.98 Å². The smallest absolute Gasteiger partial charge is 0.124 e. The topological polar surface area (TPSA) is 75.6 Å². The zero-order chi connectivity index (χ0) is 9.26. The minimum atomic E-state index is 0.400. The molecule has 2 N–H and O–H groups in total. The van der Waals surface area contributed by atoms with E-state index in [4.69, 9.17) is 11.0 Å². The van der Waals surface area contributed by atoms with E-state index in [0.29, 0.717) is 22.4 Å². The summed E-state index contributed by atoms with van der Waals surface area (Å²) in [6.45, 7) is 0. The van der Waals surface area contributed by atoms with Crippen molar-refractivity contribution in [3.05, 3.63) is 30.0 Å². The lowest BCUT2D eigenvalue weighted by molar-refractivity contribution is 1.32. The van der Waals surface area contributed by atoms with E-state index in [0.717, 1.165) is 0 Å². The van der Waals surface area contributed by atoms with Crippen molar-refractivity contribution in [3.63, 3.8) is 0 Å². The van der Waals surface area contributed by atoms with Crippen LogP contribution in [0.25, 0.3) is 11.0 Å². The Morgan fingerprint density at radius 3 is 2.92 bits per heavy atom. The van der Waals surface area contributed by atoms with E-state index in [-0.39, 0.29) is 0 Å². The Hall–Kier alpha value is -2.15. The number of rotatable bonds is 0. The summed E-state index contributed by atoms with van der Waals surface area (Å²) in [4.78, 5) is 8.10. The largest absolute Gasteiger partial charge is 0.384 e. The van der Waals surface area contributed by atoms with Crippen LogP contribution in [0.3, 0.4) is 0 Å². The third-order valence-electron chi connectivity index (χ3n) is 1.73. The van der Waals surface area contributed by atoms with E-state index in [1.165, 1.54) is 0 Å². The molecule has 0 fully saturated rings. The van der Waals surface area contributed by atoms with Crippen LogP contribution < -0.4 is 5.73 Å². The van der Waals surface area contributed by atoms with Crippen LogP contribution in [0.1, 0.15) is 5.56 Å². The SMILES string of the molecule is N#Cc1ccnc2ccc(N)nc12. The van der Waals surface area contributed by atoms with Crippen molar-refractivity contribution < 1.29 is 0 Å². The number of hydrogen-bond donors (Lipinski definition) is 1. The number of pyridine rings is 2. The van der Waals surface area contributed by atoms with Crippen LogP contribution in [0.4, 0.5) is 5.82 Å². The molecule has 0 aliphatic rings. The third kappa shape index (κ3) is 1.16. The fraction of sp³-hybridized carbons (Fsp3) is 0. The molecule has 0 bridgehead atoms. The lowest BCUT2D eigenvalue weighted by Gasteiger charge is -1.98. The maximum absolute atomic E-state index is 8.77. The van der Waals surface area contributed by atoms with Crippen LogP contribution >= 0.6 is 0 Å². The van der Waals surface area contributed by atoms with E-state index in [9.17, 15) is 0 Å². The number of anilines is 1. The lowest BCUT2D eigenvalue weighted by Crippen LogP contribution is -1.92. The molecule has 2 aromatic heterocycles. The van der Waals surface area contributed by atoms with Crippen molar-refractivity contribution in [2.24, 2.45) is 0 Å². The molecule has 0 atom stereocenters. The van der Waals surface area contributed by atoms with Gasteiger partial charge in [-0.15, -0.1) is 0 Å². The molecule has 0 aliphatic heterocycles. The van der Waals surface area contributed by atoms with E-state index >= 15 is 0 Å². The van der Waals surface area contributed by atoms with Gasteiger partial charge in [-0.3, -0.25) is 4.98 Å². The van der Waals surface area contributed by atoms with E-state index in [1.807, 2.05) is 6.07 Å². The highest BCUT2D eigenvalue weighted by Crippen LogP contribution is 2.14. The van der Waals surface area contributed by atoms with Crippen LogP contribution in [-0.4, -0.2) is 9.97 Å². The molecule has 0 unspecified atom stereocenters. The maximum atomic E-state index is 8.77. The third-order valence-corrected chi connectivity index (χ3v) is 1.73. The Bertz CT molecular complexity index is 498. The van der Waals surface area contributed by atoms with Gasteiger partial charge in [0.15, 0.2) is 0 Å². The van der Waals surface area contributed by atoms with Gasteiger partial charge in [0.1, 0.15) is 17.4 Å². The minimum absolute atomic E-state index is 0.400. The molecule has 2 rings (SSSR count). The highest BCUT2D eigenvalue weighted by Gasteiger charge is 2.01. The number of nitriles is 1.